The van der Waals surface area contributed by atoms with Crippen LogP contribution in [0.25, 0.3) is 10.9 Å². The monoisotopic (exact) mass is 264 g/mol. The van der Waals surface area contributed by atoms with Crippen LogP contribution in [-0.4, -0.2) is 20.1 Å². The first-order valence-corrected chi connectivity index (χ1v) is 5.87. The molecule has 0 amide bonds. The van der Waals surface area contributed by atoms with E-state index in [0.717, 1.165) is 16.6 Å². The van der Waals surface area contributed by atoms with Crippen molar-refractivity contribution in [2.24, 2.45) is 0 Å². The molecule has 5 heteroatoms. The molecule has 18 heavy (non-hydrogen) atoms. The number of rotatable bonds is 3. The van der Waals surface area contributed by atoms with Crippen molar-refractivity contribution in [1.82, 2.24) is 0 Å². The second kappa shape index (κ2) is 4.82. The van der Waals surface area contributed by atoms with E-state index in [2.05, 4.69) is 4.98 Å². The molecule has 0 saturated carbocycles. The molecular formula is C13H13ClN2O2. The fraction of sp³-hybridized carbons (Fsp3) is 0.231. The Hall–Kier alpha value is -1.81. The quantitative estimate of drug-likeness (QED) is 0.819. The molecule has 2 rings (SSSR count). The minimum absolute atomic E-state index is 0.165. The van der Waals surface area contributed by atoms with E-state index >= 15 is 0 Å². The van der Waals surface area contributed by atoms with Crippen LogP contribution >= 0.6 is 11.6 Å². The average Bonchev–Trinajstić information content (AvgIpc) is 2.28. The highest BCUT2D eigenvalue weighted by Gasteiger charge is 2.15. The molecular weight excluding hydrogens is 252 g/mol. The molecule has 0 aliphatic carbocycles. The number of nitrogens with one attached hydrogen (secondary N) is 1. The topological polar surface area (TPSA) is 57.5 Å². The van der Waals surface area contributed by atoms with E-state index in [1.54, 1.807) is 12.1 Å². The van der Waals surface area contributed by atoms with E-state index in [1.165, 1.54) is 0 Å². The van der Waals surface area contributed by atoms with Crippen LogP contribution in [0.2, 0.25) is 5.02 Å². The van der Waals surface area contributed by atoms with Crippen LogP contribution in [-0.2, 0) is 11.2 Å². The summed E-state index contributed by atoms with van der Waals surface area (Å²) >= 11 is 6.13. The Kier molecular flexibility index (Phi) is 3.39. The number of fused-ring (bicyclic) bond motifs is 1. The molecule has 0 spiro atoms. The molecule has 1 N–H and O–H groups in total. The van der Waals surface area contributed by atoms with Gasteiger partial charge in [0.05, 0.1) is 23.5 Å². The van der Waals surface area contributed by atoms with Gasteiger partial charge in [-0.25, -0.2) is 4.98 Å². The van der Waals surface area contributed by atoms with Crippen molar-refractivity contribution in [1.29, 1.82) is 0 Å². The molecule has 0 bridgehead atoms. The first-order chi connectivity index (χ1) is 8.49. The van der Waals surface area contributed by atoms with E-state index in [0.29, 0.717) is 10.7 Å². The predicted molar refractivity (Wildman–Crippen MR) is 68.6 cm³/mol. The Morgan fingerprint density at radius 3 is 2.78 bits per heavy atom. The summed E-state index contributed by atoms with van der Waals surface area (Å²) in [6, 6.07) is 7.37. The molecule has 1 heterocycles. The molecule has 1 aromatic carbocycles. The first-order valence-electron chi connectivity index (χ1n) is 5.49. The number of carbonyl (C=O) groups is 1. The van der Waals surface area contributed by atoms with Crippen molar-refractivity contribution in [3.63, 3.8) is 0 Å². The van der Waals surface area contributed by atoms with Crippen molar-refractivity contribution in [2.45, 2.75) is 6.42 Å². The Morgan fingerprint density at radius 2 is 2.17 bits per heavy atom. The van der Waals surface area contributed by atoms with Crippen molar-refractivity contribution in [3.05, 3.63) is 35.0 Å². The number of aromatic amines is 1. The minimum atomic E-state index is -1.12. The first kappa shape index (κ1) is 12.6. The van der Waals surface area contributed by atoms with Gasteiger partial charge in [0.2, 0.25) is 5.52 Å². The lowest BCUT2D eigenvalue weighted by Crippen LogP contribution is -2.28. The Bertz CT molecular complexity index is 611. The smallest absolute Gasteiger partial charge is 0.231 e. The standard InChI is InChI=1S/C13H13ClN2O2/c1-16(2)11-6-8(7-12(17)18)15-13-9(11)4-3-5-10(13)14/h3-6H,7H2,1-2H3,(H,17,18). The molecule has 0 saturated heterocycles. The normalized spacial score (nSPS) is 10.6. The number of carbonyl (C=O) groups excluding carboxylic acids is 1. The van der Waals surface area contributed by atoms with Crippen molar-refractivity contribution >= 4 is 34.2 Å². The van der Waals surface area contributed by atoms with Crippen LogP contribution < -0.4 is 15.0 Å². The fourth-order valence-electron chi connectivity index (χ4n) is 1.92. The van der Waals surface area contributed by atoms with E-state index in [1.807, 2.05) is 31.1 Å². The average molecular weight is 265 g/mol. The van der Waals surface area contributed by atoms with Crippen molar-refractivity contribution in [3.8, 4) is 0 Å². The number of benzene rings is 1. The number of aromatic nitrogens is 1. The Labute approximate surface area is 110 Å². The van der Waals surface area contributed by atoms with Crippen LogP contribution in [0.1, 0.15) is 5.69 Å². The molecule has 0 aliphatic rings. The number of hydrogen-bond donors (Lipinski definition) is 0. The third kappa shape index (κ3) is 2.38. The lowest BCUT2D eigenvalue weighted by molar-refractivity contribution is -0.361. The van der Waals surface area contributed by atoms with Gasteiger partial charge in [-0.15, -0.1) is 0 Å². The third-order valence-electron chi connectivity index (χ3n) is 2.70. The van der Waals surface area contributed by atoms with Crippen LogP contribution in [0.15, 0.2) is 24.3 Å². The van der Waals surface area contributed by atoms with E-state index in [-0.39, 0.29) is 6.42 Å². The Morgan fingerprint density at radius 1 is 1.44 bits per heavy atom. The SMILES string of the molecule is CN(C)c1cc(CC(=O)[O-])[nH+]c2c(Cl)cccc12. The molecule has 0 unspecified atom stereocenters. The number of hydrogen-bond acceptors (Lipinski definition) is 3. The van der Waals surface area contributed by atoms with Crippen molar-refractivity contribution in [2.75, 3.05) is 19.0 Å². The predicted octanol–water partition coefficient (Wildman–Crippen LogP) is 0.666. The third-order valence-corrected chi connectivity index (χ3v) is 3.02. The van der Waals surface area contributed by atoms with E-state index in [9.17, 15) is 9.90 Å². The summed E-state index contributed by atoms with van der Waals surface area (Å²) in [4.78, 5) is 15.7. The number of carboxylic acids is 1. The van der Waals surface area contributed by atoms with Gasteiger partial charge in [-0.1, -0.05) is 17.7 Å². The largest absolute Gasteiger partial charge is 0.550 e. The number of aliphatic carboxylic acids is 1. The van der Waals surface area contributed by atoms with Gasteiger partial charge in [0.25, 0.3) is 0 Å². The molecule has 0 fully saturated rings. The number of H-pyrrole nitrogens is 1. The highest BCUT2D eigenvalue weighted by Crippen LogP contribution is 2.27. The second-order valence-corrected chi connectivity index (χ2v) is 4.69. The van der Waals surface area contributed by atoms with Crippen LogP contribution in [0.3, 0.4) is 0 Å². The van der Waals surface area contributed by atoms with E-state index < -0.39 is 5.97 Å². The lowest BCUT2D eigenvalue weighted by atomic mass is 10.1. The summed E-state index contributed by atoms with van der Waals surface area (Å²) < 4.78 is 0. The van der Waals surface area contributed by atoms with Crippen molar-refractivity contribution < 1.29 is 14.9 Å². The zero-order valence-corrected chi connectivity index (χ0v) is 10.9. The van der Waals surface area contributed by atoms with Gasteiger partial charge in [-0.3, -0.25) is 0 Å². The van der Waals surface area contributed by atoms with Gasteiger partial charge in [0, 0.05) is 20.2 Å². The van der Waals surface area contributed by atoms with Crippen LogP contribution in [0, 0.1) is 0 Å². The summed E-state index contributed by atoms with van der Waals surface area (Å²) in [6.45, 7) is 0. The van der Waals surface area contributed by atoms with Gasteiger partial charge in [0.15, 0.2) is 5.69 Å². The summed E-state index contributed by atoms with van der Waals surface area (Å²) in [5, 5.41) is 12.2. The number of pyridine rings is 1. The van der Waals surface area contributed by atoms with Gasteiger partial charge in [-0.2, -0.15) is 0 Å². The van der Waals surface area contributed by atoms with Gasteiger partial charge in [0.1, 0.15) is 5.02 Å². The highest BCUT2D eigenvalue weighted by atomic mass is 35.5. The summed E-state index contributed by atoms with van der Waals surface area (Å²) in [6.07, 6.45) is -0.165. The maximum atomic E-state index is 10.7. The molecule has 0 atom stereocenters. The maximum absolute atomic E-state index is 10.7. The van der Waals surface area contributed by atoms with Gasteiger partial charge < -0.3 is 14.8 Å². The molecule has 2 aromatic rings. The number of anilines is 1. The van der Waals surface area contributed by atoms with Crippen LogP contribution in [0.5, 0.6) is 0 Å². The molecule has 0 radical (unpaired) electrons. The zero-order valence-electron chi connectivity index (χ0n) is 10.2. The summed E-state index contributed by atoms with van der Waals surface area (Å²) in [5.41, 5.74) is 2.23. The van der Waals surface area contributed by atoms with Crippen LogP contribution in [0.4, 0.5) is 5.69 Å². The zero-order chi connectivity index (χ0) is 13.3. The molecule has 0 aliphatic heterocycles. The van der Waals surface area contributed by atoms with Gasteiger partial charge in [-0.05, 0) is 12.1 Å². The number of nitrogens with zero attached hydrogens (tertiary/aromatic N) is 1. The number of halogens is 1. The molecule has 1 aromatic heterocycles. The molecule has 4 nitrogen and oxygen atoms in total. The number of para-hydroxylation sites is 1. The maximum Gasteiger partial charge on any atom is 0.231 e. The highest BCUT2D eigenvalue weighted by molar-refractivity contribution is 6.34. The second-order valence-electron chi connectivity index (χ2n) is 4.29. The number of carboxylic acid groups (broad SMARTS) is 1. The fourth-order valence-corrected chi connectivity index (χ4v) is 2.15. The Balaban J connectivity index is 2.71. The van der Waals surface area contributed by atoms with Gasteiger partial charge >= 0.3 is 0 Å². The minimum Gasteiger partial charge on any atom is -0.550 e. The lowest BCUT2D eigenvalue weighted by Gasteiger charge is -2.14. The van der Waals surface area contributed by atoms with E-state index in [4.69, 9.17) is 11.6 Å². The summed E-state index contributed by atoms with van der Waals surface area (Å²) in [5.74, 6) is -1.12. The summed E-state index contributed by atoms with van der Waals surface area (Å²) in [7, 11) is 3.80. The molecule has 94 valence electrons.